The first-order chi connectivity index (χ1) is 17.5. The van der Waals surface area contributed by atoms with E-state index in [0.29, 0.717) is 41.9 Å². The first-order valence-corrected chi connectivity index (χ1v) is 12.2. The van der Waals surface area contributed by atoms with Gasteiger partial charge in [0, 0.05) is 37.6 Å². The number of hydrogen-bond donors (Lipinski definition) is 1. The Balaban J connectivity index is 1.21. The van der Waals surface area contributed by atoms with Crippen molar-refractivity contribution in [2.75, 3.05) is 18.0 Å². The summed E-state index contributed by atoms with van der Waals surface area (Å²) in [5.41, 5.74) is 3.80. The van der Waals surface area contributed by atoms with Crippen molar-refractivity contribution in [1.29, 1.82) is 0 Å². The number of rotatable bonds is 7. The molecule has 0 spiro atoms. The molecule has 10 heteroatoms. The second kappa shape index (κ2) is 10.2. The van der Waals surface area contributed by atoms with Gasteiger partial charge in [-0.05, 0) is 55.0 Å². The highest BCUT2D eigenvalue weighted by Crippen LogP contribution is 2.29. The third-order valence-corrected chi connectivity index (χ3v) is 6.99. The number of benzene rings is 1. The summed E-state index contributed by atoms with van der Waals surface area (Å²) >= 11 is 1.21. The van der Waals surface area contributed by atoms with Crippen LogP contribution in [0.1, 0.15) is 26.6 Å². The molecule has 0 radical (unpaired) electrons. The minimum absolute atomic E-state index is 0.160. The van der Waals surface area contributed by atoms with Crippen molar-refractivity contribution in [2.24, 2.45) is 0 Å². The number of thiazole rings is 1. The molecule has 5 rings (SSSR count). The Kier molecular flexibility index (Phi) is 6.68. The van der Waals surface area contributed by atoms with Crippen LogP contribution in [-0.4, -0.2) is 44.9 Å². The number of pyridine rings is 2. The fourth-order valence-electron chi connectivity index (χ4n) is 3.90. The summed E-state index contributed by atoms with van der Waals surface area (Å²) in [6.07, 6.45) is 3.41. The van der Waals surface area contributed by atoms with Crippen LogP contribution < -0.4 is 10.2 Å². The van der Waals surface area contributed by atoms with Crippen LogP contribution in [0.25, 0.3) is 11.3 Å². The van der Waals surface area contributed by atoms with Gasteiger partial charge < -0.3 is 10.2 Å². The van der Waals surface area contributed by atoms with Crippen molar-refractivity contribution in [3.63, 3.8) is 0 Å². The number of aromatic nitrogens is 3. The topological polar surface area (TPSA) is 91.3 Å². The van der Waals surface area contributed by atoms with E-state index in [0.717, 1.165) is 22.5 Å². The summed E-state index contributed by atoms with van der Waals surface area (Å²) in [5.74, 6) is -0.530. The number of amides is 3. The quantitative estimate of drug-likeness (QED) is 0.404. The molecule has 0 bridgehead atoms. The molecule has 1 saturated heterocycles. The highest BCUT2D eigenvalue weighted by Gasteiger charge is 2.32. The smallest absolute Gasteiger partial charge is 0.326 e. The number of hydrogen-bond acceptors (Lipinski definition) is 6. The average Bonchev–Trinajstić information content (AvgIpc) is 3.46. The number of carbonyl (C=O) groups is 2. The number of nitrogens with one attached hydrogen (secondary N) is 1. The van der Waals surface area contributed by atoms with E-state index in [1.54, 1.807) is 41.2 Å². The molecule has 0 unspecified atom stereocenters. The molecule has 3 aromatic heterocycles. The summed E-state index contributed by atoms with van der Waals surface area (Å²) in [6.45, 7) is 3.52. The molecule has 1 fully saturated rings. The third-order valence-electron chi connectivity index (χ3n) is 5.81. The van der Waals surface area contributed by atoms with Gasteiger partial charge in [0.2, 0.25) is 0 Å². The standard InChI is InChI=1S/C26H23FN6O2S/c1-17-23(24(34)30-15-21-4-2-3-11-28-21)36-25(31-17)33-13-12-32(26(33)35)16-18-5-10-22(29-14-18)19-6-8-20(27)9-7-19/h2-11,14H,12-13,15-16H2,1H3,(H,30,34). The maximum atomic E-state index is 13.2. The zero-order valence-electron chi connectivity index (χ0n) is 19.5. The summed E-state index contributed by atoms with van der Waals surface area (Å²) in [7, 11) is 0. The molecule has 1 N–H and O–H groups in total. The van der Waals surface area contributed by atoms with Gasteiger partial charge in [-0.15, -0.1) is 0 Å². The van der Waals surface area contributed by atoms with Gasteiger partial charge in [-0.3, -0.25) is 19.7 Å². The van der Waals surface area contributed by atoms with Gasteiger partial charge in [0.05, 0.1) is 23.6 Å². The van der Waals surface area contributed by atoms with E-state index in [4.69, 9.17) is 0 Å². The maximum Gasteiger partial charge on any atom is 0.326 e. The van der Waals surface area contributed by atoms with Gasteiger partial charge in [-0.25, -0.2) is 14.2 Å². The summed E-state index contributed by atoms with van der Waals surface area (Å²) in [6, 6.07) is 15.3. The van der Waals surface area contributed by atoms with Crippen LogP contribution in [0.2, 0.25) is 0 Å². The van der Waals surface area contributed by atoms with E-state index in [9.17, 15) is 14.0 Å². The molecule has 4 heterocycles. The Morgan fingerprint density at radius 2 is 1.92 bits per heavy atom. The second-order valence-corrected chi connectivity index (χ2v) is 9.31. The van der Waals surface area contributed by atoms with Crippen molar-refractivity contribution >= 4 is 28.4 Å². The summed E-state index contributed by atoms with van der Waals surface area (Å²) in [4.78, 5) is 42.8. The van der Waals surface area contributed by atoms with E-state index in [1.165, 1.54) is 23.5 Å². The van der Waals surface area contributed by atoms with Crippen LogP contribution in [0.4, 0.5) is 14.3 Å². The van der Waals surface area contributed by atoms with Crippen LogP contribution in [0.3, 0.4) is 0 Å². The van der Waals surface area contributed by atoms with Gasteiger partial charge in [-0.1, -0.05) is 23.5 Å². The molecular formula is C26H23FN6O2S. The highest BCUT2D eigenvalue weighted by molar-refractivity contribution is 7.17. The Hall–Kier alpha value is -4.18. The number of anilines is 1. The Morgan fingerprint density at radius 3 is 2.64 bits per heavy atom. The van der Waals surface area contributed by atoms with E-state index in [1.807, 2.05) is 30.3 Å². The number of carbonyl (C=O) groups excluding carboxylic acids is 2. The Morgan fingerprint density at radius 1 is 1.08 bits per heavy atom. The van der Waals surface area contributed by atoms with Crippen LogP contribution >= 0.6 is 11.3 Å². The van der Waals surface area contributed by atoms with Crippen LogP contribution in [-0.2, 0) is 13.1 Å². The van der Waals surface area contributed by atoms with Crippen LogP contribution in [0.5, 0.6) is 0 Å². The summed E-state index contributed by atoms with van der Waals surface area (Å²) in [5, 5.41) is 3.37. The molecule has 0 atom stereocenters. The molecule has 0 aliphatic carbocycles. The van der Waals surface area contributed by atoms with E-state index in [-0.39, 0.29) is 17.8 Å². The zero-order chi connectivity index (χ0) is 25.1. The Labute approximate surface area is 211 Å². The fraction of sp³-hybridized carbons (Fsp3) is 0.192. The van der Waals surface area contributed by atoms with Gasteiger partial charge >= 0.3 is 6.03 Å². The van der Waals surface area contributed by atoms with Gasteiger partial charge in [0.15, 0.2) is 5.13 Å². The molecule has 3 amide bonds. The van der Waals surface area contributed by atoms with Crippen molar-refractivity contribution in [2.45, 2.75) is 20.0 Å². The predicted octanol–water partition coefficient (Wildman–Crippen LogP) is 4.42. The van der Waals surface area contributed by atoms with Gasteiger partial charge in [0.25, 0.3) is 5.91 Å². The molecule has 4 aromatic rings. The molecule has 1 aliphatic heterocycles. The van der Waals surface area contributed by atoms with E-state index < -0.39 is 0 Å². The zero-order valence-corrected chi connectivity index (χ0v) is 20.3. The molecule has 1 aliphatic rings. The molecule has 36 heavy (non-hydrogen) atoms. The van der Waals surface area contributed by atoms with Gasteiger partial charge in [-0.2, -0.15) is 0 Å². The maximum absolute atomic E-state index is 13.2. The first-order valence-electron chi connectivity index (χ1n) is 11.4. The summed E-state index contributed by atoms with van der Waals surface area (Å²) < 4.78 is 13.2. The largest absolute Gasteiger partial charge is 0.346 e. The first kappa shape index (κ1) is 23.6. The molecular weight excluding hydrogens is 479 g/mol. The van der Waals surface area contributed by atoms with Crippen molar-refractivity contribution in [3.05, 3.63) is 94.6 Å². The normalized spacial score (nSPS) is 13.3. The number of halogens is 1. The SMILES string of the molecule is Cc1nc(N2CCN(Cc3ccc(-c4ccc(F)cc4)nc3)C2=O)sc1C(=O)NCc1ccccn1. The van der Waals surface area contributed by atoms with Crippen LogP contribution in [0, 0.1) is 12.7 Å². The molecule has 8 nitrogen and oxygen atoms in total. The van der Waals surface area contributed by atoms with Crippen molar-refractivity contribution in [3.8, 4) is 11.3 Å². The van der Waals surface area contributed by atoms with E-state index >= 15 is 0 Å². The van der Waals surface area contributed by atoms with E-state index in [2.05, 4.69) is 20.3 Å². The molecule has 0 saturated carbocycles. The number of urea groups is 1. The minimum Gasteiger partial charge on any atom is -0.346 e. The van der Waals surface area contributed by atoms with Crippen molar-refractivity contribution < 1.29 is 14.0 Å². The third kappa shape index (κ3) is 5.08. The van der Waals surface area contributed by atoms with Crippen molar-refractivity contribution in [1.82, 2.24) is 25.2 Å². The lowest BCUT2D eigenvalue weighted by molar-refractivity contribution is 0.0953. The monoisotopic (exact) mass is 502 g/mol. The lowest BCUT2D eigenvalue weighted by atomic mass is 10.1. The molecule has 1 aromatic carbocycles. The average molecular weight is 503 g/mol. The lowest BCUT2D eigenvalue weighted by Crippen LogP contribution is -2.31. The minimum atomic E-state index is -0.292. The fourth-order valence-corrected chi connectivity index (χ4v) is 4.90. The number of nitrogens with zero attached hydrogens (tertiary/aromatic N) is 5. The highest BCUT2D eigenvalue weighted by atomic mass is 32.1. The second-order valence-electron chi connectivity index (χ2n) is 8.33. The lowest BCUT2D eigenvalue weighted by Gasteiger charge is -2.17. The number of aryl methyl sites for hydroxylation is 1. The van der Waals surface area contributed by atoms with Gasteiger partial charge in [0.1, 0.15) is 10.7 Å². The van der Waals surface area contributed by atoms with Crippen LogP contribution in [0.15, 0.2) is 67.0 Å². The Bertz CT molecular complexity index is 1380. The predicted molar refractivity (Wildman–Crippen MR) is 135 cm³/mol. The molecule has 182 valence electrons.